The fourth-order valence-electron chi connectivity index (χ4n) is 1.74. The van der Waals surface area contributed by atoms with Crippen molar-refractivity contribution in [3.8, 4) is 0 Å². The van der Waals surface area contributed by atoms with Crippen molar-refractivity contribution in [1.29, 1.82) is 0 Å². The smallest absolute Gasteiger partial charge is 0.435 e. The van der Waals surface area contributed by atoms with Gasteiger partial charge in [-0.2, -0.15) is 9.78 Å². The minimum atomic E-state index is -1.12. The van der Waals surface area contributed by atoms with Crippen molar-refractivity contribution in [2.75, 3.05) is 0 Å². The highest BCUT2D eigenvalue weighted by atomic mass is 79.9. The van der Waals surface area contributed by atoms with Crippen molar-refractivity contribution in [3.63, 3.8) is 0 Å². The van der Waals surface area contributed by atoms with E-state index in [0.717, 1.165) is 10.7 Å². The Labute approximate surface area is 122 Å². The summed E-state index contributed by atoms with van der Waals surface area (Å²) in [5, 5.41) is 4.66. The molecule has 1 aromatic carbocycles. The number of halogens is 3. The summed E-state index contributed by atoms with van der Waals surface area (Å²) in [5.41, 5.74) is -0.535. The predicted molar refractivity (Wildman–Crippen MR) is 73.9 cm³/mol. The van der Waals surface area contributed by atoms with Gasteiger partial charge in [0, 0.05) is 10.7 Å². The summed E-state index contributed by atoms with van der Waals surface area (Å²) in [6.07, 6.45) is -0.848. The van der Waals surface area contributed by atoms with Gasteiger partial charge in [0.05, 0.1) is 5.69 Å². The van der Waals surface area contributed by atoms with E-state index in [2.05, 4.69) is 21.0 Å². The molecule has 2 rings (SSSR count). The topological polar surface area (TPSA) is 44.1 Å². The Kier molecular flexibility index (Phi) is 3.82. The number of hydrogen-bond acceptors (Lipinski definition) is 3. The normalized spacial score (nSPS) is 11.9. The van der Waals surface area contributed by atoms with Crippen LogP contribution in [-0.2, 0) is 10.1 Å². The number of hydrogen-bond donors (Lipinski definition) is 0. The molecule has 4 nitrogen and oxygen atoms in total. The van der Waals surface area contributed by atoms with Gasteiger partial charge in [0.25, 0.3) is 0 Å². The molecule has 1 aromatic heterocycles. The molecule has 0 aliphatic carbocycles. The van der Waals surface area contributed by atoms with Crippen LogP contribution in [0.15, 0.2) is 12.1 Å². The SMILES string of the molecule is CC(C)(C)OC(=O)n1nc(CBr)c2ccc(F)c(F)c21. The lowest BCUT2D eigenvalue weighted by Crippen LogP contribution is -2.28. The van der Waals surface area contributed by atoms with Gasteiger partial charge in [0.2, 0.25) is 0 Å². The van der Waals surface area contributed by atoms with Crippen molar-refractivity contribution in [1.82, 2.24) is 9.78 Å². The van der Waals surface area contributed by atoms with Crippen molar-refractivity contribution >= 4 is 32.9 Å². The molecular formula is C13H13BrF2N2O2. The minimum absolute atomic E-state index is 0.214. The number of carbonyl (C=O) groups is 1. The molecule has 0 unspecified atom stereocenters. The molecule has 20 heavy (non-hydrogen) atoms. The molecule has 0 fully saturated rings. The van der Waals surface area contributed by atoms with Crippen LogP contribution in [-0.4, -0.2) is 21.5 Å². The maximum absolute atomic E-state index is 13.9. The molecule has 1 heterocycles. The molecule has 0 aliphatic rings. The Morgan fingerprint density at radius 1 is 1.40 bits per heavy atom. The van der Waals surface area contributed by atoms with E-state index < -0.39 is 23.3 Å². The molecule has 0 aliphatic heterocycles. The van der Waals surface area contributed by atoms with Gasteiger partial charge < -0.3 is 4.74 Å². The van der Waals surface area contributed by atoms with Crippen LogP contribution in [0.25, 0.3) is 10.9 Å². The first-order valence-corrected chi connectivity index (χ1v) is 7.01. The Balaban J connectivity index is 2.64. The van der Waals surface area contributed by atoms with E-state index in [1.165, 1.54) is 6.07 Å². The molecule has 0 atom stereocenters. The fourth-order valence-corrected chi connectivity index (χ4v) is 2.15. The first-order chi connectivity index (χ1) is 9.24. The van der Waals surface area contributed by atoms with Crippen LogP contribution in [0.5, 0.6) is 0 Å². The molecule has 7 heteroatoms. The van der Waals surface area contributed by atoms with Crippen LogP contribution >= 0.6 is 15.9 Å². The van der Waals surface area contributed by atoms with Gasteiger partial charge in [-0.05, 0) is 32.9 Å². The predicted octanol–water partition coefficient (Wildman–Crippen LogP) is 3.99. The number of rotatable bonds is 1. The molecule has 0 saturated heterocycles. The molecule has 0 radical (unpaired) electrons. The fraction of sp³-hybridized carbons (Fsp3) is 0.385. The summed E-state index contributed by atoms with van der Waals surface area (Å²) >= 11 is 3.20. The van der Waals surface area contributed by atoms with Gasteiger partial charge in [-0.15, -0.1) is 0 Å². The van der Waals surface area contributed by atoms with Crippen LogP contribution in [0.2, 0.25) is 0 Å². The third-order valence-electron chi connectivity index (χ3n) is 2.51. The first-order valence-electron chi connectivity index (χ1n) is 5.89. The van der Waals surface area contributed by atoms with E-state index >= 15 is 0 Å². The van der Waals surface area contributed by atoms with E-state index in [1.807, 2.05) is 0 Å². The summed E-state index contributed by atoms with van der Waals surface area (Å²) in [6.45, 7) is 5.04. The second-order valence-electron chi connectivity index (χ2n) is 5.23. The van der Waals surface area contributed by atoms with Crippen LogP contribution < -0.4 is 0 Å². The summed E-state index contributed by atoms with van der Waals surface area (Å²) in [6, 6.07) is 2.39. The van der Waals surface area contributed by atoms with Crippen LogP contribution in [0, 0.1) is 11.6 Å². The van der Waals surface area contributed by atoms with Crippen LogP contribution in [0.4, 0.5) is 13.6 Å². The van der Waals surface area contributed by atoms with E-state index in [4.69, 9.17) is 4.74 Å². The van der Waals surface area contributed by atoms with Gasteiger partial charge in [0.1, 0.15) is 11.1 Å². The Hall–Kier alpha value is -1.50. The van der Waals surface area contributed by atoms with Gasteiger partial charge in [-0.25, -0.2) is 13.6 Å². The summed E-state index contributed by atoms with van der Waals surface area (Å²) < 4.78 is 33.2. The van der Waals surface area contributed by atoms with Crippen molar-refractivity contribution < 1.29 is 18.3 Å². The highest BCUT2D eigenvalue weighted by Crippen LogP contribution is 2.25. The second-order valence-corrected chi connectivity index (χ2v) is 5.79. The number of nitrogens with zero attached hydrogens (tertiary/aromatic N) is 2. The molecule has 0 saturated carbocycles. The number of fused-ring (bicyclic) bond motifs is 1. The van der Waals surface area contributed by atoms with E-state index in [1.54, 1.807) is 20.8 Å². The summed E-state index contributed by atoms with van der Waals surface area (Å²) in [7, 11) is 0. The quantitative estimate of drug-likeness (QED) is 0.733. The summed E-state index contributed by atoms with van der Waals surface area (Å²) in [5.74, 6) is -2.16. The molecule has 0 bridgehead atoms. The molecule has 0 N–H and O–H groups in total. The second kappa shape index (κ2) is 5.12. The van der Waals surface area contributed by atoms with Crippen molar-refractivity contribution in [2.45, 2.75) is 31.7 Å². The molecule has 108 valence electrons. The number of alkyl halides is 1. The Morgan fingerprint density at radius 2 is 2.05 bits per heavy atom. The summed E-state index contributed by atoms with van der Waals surface area (Å²) in [4.78, 5) is 12.0. The largest absolute Gasteiger partial charge is 0.442 e. The lowest BCUT2D eigenvalue weighted by Gasteiger charge is -2.19. The van der Waals surface area contributed by atoms with Crippen LogP contribution in [0.3, 0.4) is 0 Å². The van der Waals surface area contributed by atoms with Crippen molar-refractivity contribution in [3.05, 3.63) is 29.5 Å². The zero-order chi connectivity index (χ0) is 15.1. The van der Waals surface area contributed by atoms with Gasteiger partial charge in [-0.1, -0.05) is 15.9 Å². The highest BCUT2D eigenvalue weighted by molar-refractivity contribution is 9.08. The molecule has 2 aromatic rings. The van der Waals surface area contributed by atoms with Gasteiger partial charge >= 0.3 is 6.09 Å². The van der Waals surface area contributed by atoms with Gasteiger partial charge in [0.15, 0.2) is 11.6 Å². The zero-order valence-corrected chi connectivity index (χ0v) is 12.8. The maximum Gasteiger partial charge on any atom is 0.435 e. The molecular weight excluding hydrogens is 334 g/mol. The minimum Gasteiger partial charge on any atom is -0.442 e. The van der Waals surface area contributed by atoms with Crippen molar-refractivity contribution in [2.24, 2.45) is 0 Å². The third-order valence-corrected chi connectivity index (χ3v) is 3.04. The van der Waals surface area contributed by atoms with Crippen LogP contribution in [0.1, 0.15) is 26.5 Å². The average Bonchev–Trinajstić information content (AvgIpc) is 2.71. The van der Waals surface area contributed by atoms with E-state index in [-0.39, 0.29) is 5.52 Å². The standard InChI is InChI=1S/C13H13BrF2N2O2/c1-13(2,3)20-12(19)18-11-7(9(6-14)17-18)4-5-8(15)10(11)16/h4-5H,6H2,1-3H3. The maximum atomic E-state index is 13.9. The third kappa shape index (κ3) is 2.67. The number of aromatic nitrogens is 2. The molecule has 0 amide bonds. The lowest BCUT2D eigenvalue weighted by atomic mass is 10.2. The Morgan fingerprint density at radius 3 is 2.60 bits per heavy atom. The lowest BCUT2D eigenvalue weighted by molar-refractivity contribution is 0.0521. The Bertz CT molecular complexity index is 677. The van der Waals surface area contributed by atoms with E-state index in [0.29, 0.717) is 16.4 Å². The average molecular weight is 347 g/mol. The molecule has 0 spiro atoms. The highest BCUT2D eigenvalue weighted by Gasteiger charge is 2.24. The van der Waals surface area contributed by atoms with E-state index in [9.17, 15) is 13.6 Å². The van der Waals surface area contributed by atoms with Gasteiger partial charge in [-0.3, -0.25) is 0 Å². The monoisotopic (exact) mass is 346 g/mol. The zero-order valence-electron chi connectivity index (χ0n) is 11.2. The number of ether oxygens (including phenoxy) is 1. The number of carbonyl (C=O) groups excluding carboxylic acids is 1. The number of benzene rings is 1. The first kappa shape index (κ1) is 14.9.